The van der Waals surface area contributed by atoms with Crippen LogP contribution in [-0.2, 0) is 25.7 Å². The maximum atomic E-state index is 2.79. The monoisotopic (exact) mass is 912 g/mol. The van der Waals surface area contributed by atoms with Gasteiger partial charge < -0.3 is 9.80 Å². The molecule has 0 aromatic heterocycles. The van der Waals surface area contributed by atoms with Crippen molar-refractivity contribution in [3.63, 3.8) is 0 Å². The molecule has 3 heteroatoms. The van der Waals surface area contributed by atoms with Crippen molar-refractivity contribution in [2.75, 3.05) is 9.80 Å². The molecule has 0 amide bonds. The summed E-state index contributed by atoms with van der Waals surface area (Å²) in [6, 6.07) is 63.7. The molecule has 0 atom stereocenters. The van der Waals surface area contributed by atoms with Gasteiger partial charge in [-0.15, -0.1) is 0 Å². The summed E-state index contributed by atoms with van der Waals surface area (Å²) in [7, 11) is 0. The van der Waals surface area contributed by atoms with E-state index in [0.717, 1.165) is 25.7 Å². The minimum absolute atomic E-state index is 0.0749. The molecule has 0 saturated heterocycles. The Morgan fingerprint density at radius 2 is 0.732 bits per heavy atom. The lowest BCUT2D eigenvalue weighted by atomic mass is 9.32. The smallest absolute Gasteiger partial charge is 0.252 e. The van der Waals surface area contributed by atoms with E-state index in [0.29, 0.717) is 11.8 Å². The van der Waals surface area contributed by atoms with Crippen LogP contribution in [-0.4, -0.2) is 6.71 Å². The number of rotatable bonds is 4. The number of anilines is 6. The van der Waals surface area contributed by atoms with Crippen molar-refractivity contribution in [3.05, 3.63) is 197 Å². The molecule has 11 aromatic carbocycles. The Hall–Kier alpha value is -7.36. The fraction of sp³-hybridized carbons (Fsp3) is 0.206. The lowest BCUT2D eigenvalue weighted by molar-refractivity contribution is 0.671. The highest BCUT2D eigenvalue weighted by Gasteiger charge is 2.47. The quantitative estimate of drug-likeness (QED) is 0.128. The second-order valence-electron chi connectivity index (χ2n) is 21.9. The first-order valence-corrected chi connectivity index (χ1v) is 26.7. The molecule has 15 rings (SSSR count). The van der Waals surface area contributed by atoms with Gasteiger partial charge in [0.15, 0.2) is 0 Å². The zero-order chi connectivity index (χ0) is 47.2. The fourth-order valence-corrected chi connectivity index (χ4v) is 14.6. The van der Waals surface area contributed by atoms with Gasteiger partial charge in [-0.2, -0.15) is 0 Å². The summed E-state index contributed by atoms with van der Waals surface area (Å²) in [6.45, 7) is 9.83. The molecule has 0 N–H and O–H groups in total. The zero-order valence-corrected chi connectivity index (χ0v) is 41.4. The van der Waals surface area contributed by atoms with Gasteiger partial charge in [-0.25, -0.2) is 0 Å². The van der Waals surface area contributed by atoms with E-state index in [-0.39, 0.29) is 6.71 Å². The van der Waals surface area contributed by atoms with Gasteiger partial charge in [-0.1, -0.05) is 161 Å². The first-order valence-electron chi connectivity index (χ1n) is 26.7. The Bertz CT molecular complexity index is 4020. The van der Waals surface area contributed by atoms with E-state index in [9.17, 15) is 0 Å². The van der Waals surface area contributed by atoms with Gasteiger partial charge in [-0.05, 0) is 203 Å². The molecule has 2 aliphatic carbocycles. The molecule has 0 bridgehead atoms. The van der Waals surface area contributed by atoms with Crippen LogP contribution >= 0.6 is 0 Å². The maximum absolute atomic E-state index is 2.79. The first-order chi connectivity index (χ1) is 34.9. The predicted octanol–water partition coefficient (Wildman–Crippen LogP) is 16.7. The van der Waals surface area contributed by atoms with Gasteiger partial charge in [0.2, 0.25) is 0 Å². The van der Waals surface area contributed by atoms with Crippen LogP contribution < -0.4 is 26.2 Å². The Labute approximate surface area is 417 Å². The first kappa shape index (κ1) is 41.4. The van der Waals surface area contributed by atoms with Crippen LogP contribution in [0.2, 0.25) is 0 Å². The van der Waals surface area contributed by atoms with Crippen LogP contribution in [0, 0.1) is 0 Å². The Balaban J connectivity index is 1.10. The maximum Gasteiger partial charge on any atom is 0.252 e. The van der Waals surface area contributed by atoms with Crippen molar-refractivity contribution in [3.8, 4) is 0 Å². The van der Waals surface area contributed by atoms with Crippen LogP contribution in [0.5, 0.6) is 0 Å². The second-order valence-corrected chi connectivity index (χ2v) is 21.9. The van der Waals surface area contributed by atoms with E-state index in [4.69, 9.17) is 0 Å². The molecule has 0 fully saturated rings. The number of hydrogen-bond acceptors (Lipinski definition) is 2. The van der Waals surface area contributed by atoms with Gasteiger partial charge in [-0.3, -0.25) is 0 Å². The second kappa shape index (κ2) is 15.6. The molecule has 4 aliphatic rings. The Kier molecular flexibility index (Phi) is 9.09. The van der Waals surface area contributed by atoms with Gasteiger partial charge in [0, 0.05) is 33.8 Å². The van der Waals surface area contributed by atoms with E-state index >= 15 is 0 Å². The van der Waals surface area contributed by atoms with E-state index in [1.807, 2.05) is 0 Å². The van der Waals surface area contributed by atoms with Crippen molar-refractivity contribution in [2.45, 2.75) is 90.9 Å². The summed E-state index contributed by atoms with van der Waals surface area (Å²) in [5.41, 5.74) is 21.9. The molecular weight excluding hydrogens is 856 g/mol. The van der Waals surface area contributed by atoms with Crippen LogP contribution in [0.1, 0.15) is 98.6 Å². The third-order valence-corrected chi connectivity index (χ3v) is 17.5. The third-order valence-electron chi connectivity index (χ3n) is 17.5. The van der Waals surface area contributed by atoms with Crippen molar-refractivity contribution >= 4 is 122 Å². The molecule has 342 valence electrons. The molecule has 11 aromatic rings. The molecule has 71 heavy (non-hydrogen) atoms. The average molecular weight is 913 g/mol. The van der Waals surface area contributed by atoms with Crippen LogP contribution in [0.15, 0.2) is 164 Å². The van der Waals surface area contributed by atoms with E-state index in [2.05, 4.69) is 201 Å². The Morgan fingerprint density at radius 3 is 1.24 bits per heavy atom. The van der Waals surface area contributed by atoms with Crippen molar-refractivity contribution in [1.82, 2.24) is 0 Å². The topological polar surface area (TPSA) is 6.48 Å². The number of benzene rings is 11. The number of nitrogens with zero attached hydrogens (tertiary/aromatic N) is 2. The summed E-state index contributed by atoms with van der Waals surface area (Å²) in [5.74, 6) is 0.841. The minimum Gasteiger partial charge on any atom is -0.311 e. The summed E-state index contributed by atoms with van der Waals surface area (Å²) in [5, 5.41) is 15.8. The molecule has 0 radical (unpaired) electrons. The predicted molar refractivity (Wildman–Crippen MR) is 307 cm³/mol. The standard InChI is InChI=1S/C68H57BN2/c1-40(2)57-38-60-67(55-29-15-12-26-50(55)57)70(42-35-36-52-45-21-6-5-19-43(45)44-20-8-10-25-49(44)59(52)37-42)63-33-18-34-64-66(63)69(60)61-39-58(41(3)4)51-27-13-16-30-56(51)68(61)71(64)62-32-17-31-54-48-23-9-7-22-46(48)47-24-11-14-28-53(47)65(54)62/h5-11,14,17-25,28,31-41H,12-13,15-16,26-27,29-30H2,1-4H3. The number of hydrogen-bond donors (Lipinski definition) is 0. The summed E-state index contributed by atoms with van der Waals surface area (Å²) >= 11 is 0. The lowest BCUT2D eigenvalue weighted by Crippen LogP contribution is -2.62. The molecule has 2 nitrogen and oxygen atoms in total. The average Bonchev–Trinajstić information content (AvgIpc) is 3.43. The molecule has 0 unspecified atom stereocenters. The van der Waals surface area contributed by atoms with Crippen molar-refractivity contribution in [1.29, 1.82) is 0 Å². The minimum atomic E-state index is 0.0749. The molecule has 2 aliphatic heterocycles. The van der Waals surface area contributed by atoms with Crippen molar-refractivity contribution < 1.29 is 0 Å². The van der Waals surface area contributed by atoms with Crippen LogP contribution in [0.3, 0.4) is 0 Å². The van der Waals surface area contributed by atoms with E-state index in [1.165, 1.54) is 141 Å². The van der Waals surface area contributed by atoms with E-state index < -0.39 is 0 Å². The van der Waals surface area contributed by atoms with Gasteiger partial charge in [0.05, 0.1) is 5.69 Å². The highest BCUT2D eigenvalue weighted by atomic mass is 15.2. The fourth-order valence-electron chi connectivity index (χ4n) is 14.6. The summed E-state index contributed by atoms with van der Waals surface area (Å²) < 4.78 is 0. The van der Waals surface area contributed by atoms with Gasteiger partial charge in [0.25, 0.3) is 6.71 Å². The number of fused-ring (bicyclic) bond motifs is 20. The van der Waals surface area contributed by atoms with Crippen molar-refractivity contribution in [2.24, 2.45) is 0 Å². The normalized spacial score (nSPS) is 15.0. The SMILES string of the molecule is CC(C)c1cc2c(c3c1CCCC3)N(c1ccc3c4ccccc4c4ccccc4c3c1)c1cccc3c1B2c1cc(C(C)C)c2c(c1N3c1cccc3c4ccccc4c4ccccc4c13)CCCC2. The lowest BCUT2D eigenvalue weighted by Gasteiger charge is -2.47. The van der Waals surface area contributed by atoms with Gasteiger partial charge >= 0.3 is 0 Å². The highest BCUT2D eigenvalue weighted by molar-refractivity contribution is 7.00. The Morgan fingerprint density at radius 1 is 0.352 bits per heavy atom. The van der Waals surface area contributed by atoms with E-state index in [1.54, 1.807) is 33.4 Å². The van der Waals surface area contributed by atoms with Crippen LogP contribution in [0.25, 0.3) is 64.6 Å². The highest BCUT2D eigenvalue weighted by Crippen LogP contribution is 2.52. The molecular formula is C68H57BN2. The van der Waals surface area contributed by atoms with Gasteiger partial charge in [0.1, 0.15) is 0 Å². The molecule has 0 saturated carbocycles. The zero-order valence-electron chi connectivity index (χ0n) is 41.4. The largest absolute Gasteiger partial charge is 0.311 e. The molecule has 2 heterocycles. The summed E-state index contributed by atoms with van der Waals surface area (Å²) in [6.07, 6.45) is 9.44. The van der Waals surface area contributed by atoms with Crippen LogP contribution in [0.4, 0.5) is 34.1 Å². The molecule has 0 spiro atoms. The third kappa shape index (κ3) is 5.78. The summed E-state index contributed by atoms with van der Waals surface area (Å²) in [4.78, 5) is 5.53.